The van der Waals surface area contributed by atoms with Gasteiger partial charge in [-0.25, -0.2) is 13.6 Å². The maximum atomic E-state index is 16.0. The Hall–Kier alpha value is -3.04. The van der Waals surface area contributed by atoms with E-state index in [0.717, 1.165) is 12.8 Å². The Morgan fingerprint density at radius 1 is 1.07 bits per heavy atom. The molecule has 0 unspecified atom stereocenters. The molecule has 1 saturated heterocycles. The van der Waals surface area contributed by atoms with Gasteiger partial charge in [-0.1, -0.05) is 62.2 Å². The molecule has 4 atom stereocenters. The van der Waals surface area contributed by atoms with Gasteiger partial charge < -0.3 is 16.2 Å². The van der Waals surface area contributed by atoms with Crippen LogP contribution in [0.2, 0.25) is 10.0 Å². The van der Waals surface area contributed by atoms with E-state index in [1.54, 1.807) is 18.2 Å². The molecule has 1 saturated carbocycles. The predicted octanol–water partition coefficient (Wildman–Crippen LogP) is 7.45. The van der Waals surface area contributed by atoms with E-state index in [9.17, 15) is 14.7 Å². The van der Waals surface area contributed by atoms with Gasteiger partial charge in [-0.3, -0.25) is 9.69 Å². The van der Waals surface area contributed by atoms with Gasteiger partial charge in [0.1, 0.15) is 11.6 Å². The highest BCUT2D eigenvalue weighted by molar-refractivity contribution is 6.31. The van der Waals surface area contributed by atoms with Crippen LogP contribution in [0.25, 0.3) is 0 Å². The Balaban J connectivity index is 1.73. The third-order valence-corrected chi connectivity index (χ3v) is 9.02. The summed E-state index contributed by atoms with van der Waals surface area (Å²) in [6.07, 6.45) is 2.44. The number of carboxylic acids is 1. The summed E-state index contributed by atoms with van der Waals surface area (Å²) < 4.78 is 32.0. The van der Waals surface area contributed by atoms with Crippen LogP contribution in [0, 0.1) is 23.0 Å². The van der Waals surface area contributed by atoms with Crippen LogP contribution in [0.1, 0.15) is 67.4 Å². The largest absolute Gasteiger partial charge is 0.478 e. The molecule has 1 heterocycles. The second kappa shape index (κ2) is 11.8. The lowest BCUT2D eigenvalue weighted by molar-refractivity contribution is -0.121. The minimum Gasteiger partial charge on any atom is -0.478 e. The van der Waals surface area contributed by atoms with E-state index in [1.807, 2.05) is 25.7 Å². The molecular formula is C33H35Cl2F2N3O3. The van der Waals surface area contributed by atoms with Crippen molar-refractivity contribution in [2.24, 2.45) is 17.1 Å². The first-order chi connectivity index (χ1) is 20.2. The number of nitrogens with one attached hydrogen (secondary N) is 1. The standard InChI is InChI=1S/C33H35Cl2F2N3O3/c1-32(2,3)16-26-33(38,23-14-11-20(34)15-25(23)36)27(22-5-4-6-24(35)28(22)37)29(40(26)17-18-7-8-18)30(41)39-21-12-9-19(10-13-21)31(42)43/h4-6,9-15,18,26-27,29H,7-8,16-17,38H2,1-3H3,(H,39,41)(H,42,43)/t26-,27-,29+,33+/m0/s1. The van der Waals surface area contributed by atoms with Crippen LogP contribution >= 0.6 is 23.2 Å². The first-order valence-corrected chi connectivity index (χ1v) is 15.0. The molecule has 1 amide bonds. The lowest BCUT2D eigenvalue weighted by Gasteiger charge is -2.41. The molecule has 0 aromatic heterocycles. The minimum atomic E-state index is -1.57. The van der Waals surface area contributed by atoms with Crippen molar-refractivity contribution >= 4 is 40.8 Å². The van der Waals surface area contributed by atoms with Gasteiger partial charge in [-0.05, 0) is 78.6 Å². The summed E-state index contributed by atoms with van der Waals surface area (Å²) in [5.41, 5.74) is 6.28. The molecule has 0 bridgehead atoms. The zero-order valence-electron chi connectivity index (χ0n) is 24.2. The van der Waals surface area contributed by atoms with Crippen molar-refractivity contribution in [3.63, 3.8) is 0 Å². The Kier molecular flexibility index (Phi) is 8.62. The number of halogens is 4. The monoisotopic (exact) mass is 629 g/mol. The second-order valence-corrected chi connectivity index (χ2v) is 13.8. The Bertz CT molecular complexity index is 1540. The van der Waals surface area contributed by atoms with E-state index in [1.165, 1.54) is 42.5 Å². The smallest absolute Gasteiger partial charge is 0.335 e. The second-order valence-electron chi connectivity index (χ2n) is 12.9. The van der Waals surface area contributed by atoms with Crippen LogP contribution in [0.5, 0.6) is 0 Å². The van der Waals surface area contributed by atoms with E-state index in [-0.39, 0.29) is 32.2 Å². The van der Waals surface area contributed by atoms with Crippen molar-refractivity contribution in [2.75, 3.05) is 11.9 Å². The number of hydrogen-bond donors (Lipinski definition) is 3. The van der Waals surface area contributed by atoms with Crippen LogP contribution in [0.4, 0.5) is 14.5 Å². The fourth-order valence-electron chi connectivity index (χ4n) is 6.42. The number of hydrogen-bond acceptors (Lipinski definition) is 4. The molecular weight excluding hydrogens is 595 g/mol. The van der Waals surface area contributed by atoms with Crippen LogP contribution < -0.4 is 11.1 Å². The number of carbonyl (C=O) groups excluding carboxylic acids is 1. The van der Waals surface area contributed by atoms with Crippen LogP contribution in [-0.4, -0.2) is 40.5 Å². The maximum absolute atomic E-state index is 16.0. The Morgan fingerprint density at radius 2 is 1.74 bits per heavy atom. The average molecular weight is 631 g/mol. The lowest BCUT2D eigenvalue weighted by atomic mass is 9.68. The lowest BCUT2D eigenvalue weighted by Crippen LogP contribution is -2.53. The van der Waals surface area contributed by atoms with Crippen molar-refractivity contribution in [2.45, 2.75) is 63.6 Å². The molecule has 2 fully saturated rings. The maximum Gasteiger partial charge on any atom is 0.335 e. The topological polar surface area (TPSA) is 95.7 Å². The van der Waals surface area contributed by atoms with Crippen molar-refractivity contribution in [1.29, 1.82) is 0 Å². The van der Waals surface area contributed by atoms with E-state index < -0.39 is 47.1 Å². The van der Waals surface area contributed by atoms with Gasteiger partial charge in [0.25, 0.3) is 0 Å². The zero-order valence-corrected chi connectivity index (χ0v) is 25.7. The first-order valence-electron chi connectivity index (χ1n) is 14.3. The predicted molar refractivity (Wildman–Crippen MR) is 165 cm³/mol. The average Bonchev–Trinajstić information content (AvgIpc) is 3.71. The normalized spacial score (nSPS) is 24.2. The number of aromatic carboxylic acids is 1. The fraction of sp³-hybridized carbons (Fsp3) is 0.394. The van der Waals surface area contributed by atoms with E-state index in [2.05, 4.69) is 5.32 Å². The first kappa shape index (κ1) is 31.4. The van der Waals surface area contributed by atoms with Gasteiger partial charge in [-0.15, -0.1) is 0 Å². The van der Waals surface area contributed by atoms with E-state index in [0.29, 0.717) is 24.6 Å². The number of carbonyl (C=O) groups is 2. The number of nitrogens with zero attached hydrogens (tertiary/aromatic N) is 1. The van der Waals surface area contributed by atoms with Gasteiger partial charge >= 0.3 is 5.97 Å². The van der Waals surface area contributed by atoms with Crippen molar-refractivity contribution in [3.8, 4) is 0 Å². The number of carboxylic acid groups (broad SMARTS) is 1. The molecule has 4 N–H and O–H groups in total. The molecule has 6 nitrogen and oxygen atoms in total. The van der Waals surface area contributed by atoms with Crippen LogP contribution in [0.3, 0.4) is 0 Å². The third kappa shape index (κ3) is 6.29. The molecule has 1 aliphatic carbocycles. The number of benzene rings is 3. The van der Waals surface area contributed by atoms with Crippen molar-refractivity contribution in [1.82, 2.24) is 4.90 Å². The minimum absolute atomic E-state index is 0.0672. The Labute approximate surface area is 260 Å². The summed E-state index contributed by atoms with van der Waals surface area (Å²) in [6, 6.07) is 13.0. The SMILES string of the molecule is CC(C)(C)C[C@@H]1N(CC2CC2)[C@@H](C(=O)Nc2ccc(C(=O)O)cc2)[C@H](c2cccc(Cl)c2F)[C@@]1(N)c1ccc(Cl)cc1F. The summed E-state index contributed by atoms with van der Waals surface area (Å²) >= 11 is 12.4. The van der Waals surface area contributed by atoms with Crippen molar-refractivity contribution < 1.29 is 23.5 Å². The van der Waals surface area contributed by atoms with Gasteiger partial charge in [-0.2, -0.15) is 0 Å². The molecule has 0 spiro atoms. The highest BCUT2D eigenvalue weighted by Crippen LogP contribution is 2.55. The third-order valence-electron chi connectivity index (χ3n) is 8.49. The number of anilines is 1. The van der Waals surface area contributed by atoms with E-state index in [4.69, 9.17) is 28.9 Å². The molecule has 228 valence electrons. The molecule has 1 aliphatic heterocycles. The van der Waals surface area contributed by atoms with Gasteiger partial charge in [0.05, 0.1) is 22.2 Å². The quantitative estimate of drug-likeness (QED) is 0.241. The number of amides is 1. The fourth-order valence-corrected chi connectivity index (χ4v) is 6.76. The summed E-state index contributed by atoms with van der Waals surface area (Å²) in [6.45, 7) is 6.66. The number of rotatable bonds is 8. The molecule has 10 heteroatoms. The molecule has 2 aliphatic rings. The summed E-state index contributed by atoms with van der Waals surface area (Å²) in [5, 5.41) is 12.3. The number of likely N-dealkylation sites (tertiary alicyclic amines) is 1. The molecule has 3 aromatic rings. The zero-order chi connectivity index (χ0) is 31.3. The van der Waals surface area contributed by atoms with E-state index >= 15 is 8.78 Å². The van der Waals surface area contributed by atoms with Crippen molar-refractivity contribution in [3.05, 3.63) is 99.0 Å². The molecule has 5 rings (SSSR count). The number of nitrogens with two attached hydrogens (primary N) is 1. The summed E-state index contributed by atoms with van der Waals surface area (Å²) in [4.78, 5) is 27.8. The molecule has 3 aromatic carbocycles. The summed E-state index contributed by atoms with van der Waals surface area (Å²) in [5.74, 6) is -3.65. The molecule has 43 heavy (non-hydrogen) atoms. The van der Waals surface area contributed by atoms with Crippen LogP contribution in [-0.2, 0) is 10.3 Å². The summed E-state index contributed by atoms with van der Waals surface area (Å²) in [7, 11) is 0. The van der Waals surface area contributed by atoms with Crippen LogP contribution in [0.15, 0.2) is 60.7 Å². The molecule has 0 radical (unpaired) electrons. The van der Waals surface area contributed by atoms with Gasteiger partial charge in [0.15, 0.2) is 0 Å². The van der Waals surface area contributed by atoms with Gasteiger partial charge in [0.2, 0.25) is 5.91 Å². The Morgan fingerprint density at radius 3 is 2.33 bits per heavy atom. The highest BCUT2D eigenvalue weighted by Gasteiger charge is 2.62. The highest BCUT2D eigenvalue weighted by atomic mass is 35.5. The van der Waals surface area contributed by atoms with Gasteiger partial charge in [0, 0.05) is 34.8 Å².